The van der Waals surface area contributed by atoms with Gasteiger partial charge in [-0.2, -0.15) is 0 Å². The minimum atomic E-state index is -3.78. The number of halogens is 1. The summed E-state index contributed by atoms with van der Waals surface area (Å²) in [6, 6.07) is 15.0. The maximum absolute atomic E-state index is 13.3. The quantitative estimate of drug-likeness (QED) is 0.762. The predicted molar refractivity (Wildman–Crippen MR) is 99.7 cm³/mol. The first kappa shape index (κ1) is 18.9. The van der Waals surface area contributed by atoms with Crippen molar-refractivity contribution in [1.29, 1.82) is 0 Å². The molecule has 0 bridgehead atoms. The first-order valence-corrected chi connectivity index (χ1v) is 10.2. The van der Waals surface area contributed by atoms with Crippen molar-refractivity contribution in [2.75, 3.05) is 13.2 Å². The third-order valence-electron chi connectivity index (χ3n) is 4.86. The van der Waals surface area contributed by atoms with Crippen LogP contribution in [0.15, 0.2) is 59.5 Å². The lowest BCUT2D eigenvalue weighted by molar-refractivity contribution is -0.149. The molecule has 0 unspecified atom stereocenters. The van der Waals surface area contributed by atoms with Gasteiger partial charge in [-0.05, 0) is 36.8 Å². The van der Waals surface area contributed by atoms with Crippen LogP contribution in [0.2, 0.25) is 5.02 Å². The Morgan fingerprint density at radius 2 is 1.88 bits per heavy atom. The van der Waals surface area contributed by atoms with Crippen LogP contribution in [0.4, 0.5) is 0 Å². The number of benzene rings is 2. The standard InChI is InChI=1S/C19H20ClNO4S/c1-2-25-18(22)19(12-21)16(13-7-6-8-14(20)11-13)17(19)26(23,24)15-9-4-3-5-10-15/h3-11,16-17H,2,12,21H2,1H3/t16-,17-,19-/m0/s1. The summed E-state index contributed by atoms with van der Waals surface area (Å²) in [7, 11) is -3.78. The van der Waals surface area contributed by atoms with Gasteiger partial charge in [0.05, 0.1) is 16.8 Å². The van der Waals surface area contributed by atoms with Crippen LogP contribution in [0.25, 0.3) is 0 Å². The molecular formula is C19H20ClNO4S. The van der Waals surface area contributed by atoms with E-state index in [1.165, 1.54) is 12.1 Å². The van der Waals surface area contributed by atoms with Crippen molar-refractivity contribution in [3.05, 3.63) is 65.2 Å². The molecule has 0 spiro atoms. The highest BCUT2D eigenvalue weighted by molar-refractivity contribution is 7.92. The third-order valence-corrected chi connectivity index (χ3v) is 7.39. The van der Waals surface area contributed by atoms with Gasteiger partial charge in [-0.15, -0.1) is 0 Å². The van der Waals surface area contributed by atoms with Crippen molar-refractivity contribution in [2.24, 2.45) is 11.1 Å². The molecule has 2 aromatic rings. The maximum atomic E-state index is 13.3. The number of hydrogen-bond donors (Lipinski definition) is 1. The lowest BCUT2D eigenvalue weighted by Gasteiger charge is -2.14. The molecule has 2 aromatic carbocycles. The molecule has 3 atom stereocenters. The third kappa shape index (κ3) is 2.92. The first-order valence-electron chi connectivity index (χ1n) is 8.31. The van der Waals surface area contributed by atoms with Gasteiger partial charge in [0.25, 0.3) is 0 Å². The monoisotopic (exact) mass is 393 g/mol. The molecule has 138 valence electrons. The van der Waals surface area contributed by atoms with Crippen molar-refractivity contribution in [3.8, 4) is 0 Å². The van der Waals surface area contributed by atoms with E-state index in [0.29, 0.717) is 10.6 Å². The van der Waals surface area contributed by atoms with Gasteiger partial charge in [-0.1, -0.05) is 41.9 Å². The van der Waals surface area contributed by atoms with Crippen LogP contribution in [0.5, 0.6) is 0 Å². The Labute approximate surface area is 158 Å². The van der Waals surface area contributed by atoms with Crippen LogP contribution in [-0.2, 0) is 19.4 Å². The Balaban J connectivity index is 2.13. The number of esters is 1. The van der Waals surface area contributed by atoms with Gasteiger partial charge < -0.3 is 10.5 Å². The molecule has 1 aliphatic rings. The van der Waals surface area contributed by atoms with E-state index in [2.05, 4.69) is 0 Å². The van der Waals surface area contributed by atoms with Gasteiger partial charge in [-0.25, -0.2) is 8.42 Å². The fourth-order valence-corrected chi connectivity index (χ4v) is 6.23. The SMILES string of the molecule is CCOC(=O)[C@@]1(CN)[C@@H](c2cccc(Cl)c2)[C@@H]1S(=O)(=O)c1ccccc1. The summed E-state index contributed by atoms with van der Waals surface area (Å²) >= 11 is 6.08. The fraction of sp³-hybridized carbons (Fsp3) is 0.316. The van der Waals surface area contributed by atoms with Gasteiger partial charge in [0.1, 0.15) is 5.41 Å². The molecular weight excluding hydrogens is 374 g/mol. The van der Waals surface area contributed by atoms with E-state index in [4.69, 9.17) is 22.1 Å². The summed E-state index contributed by atoms with van der Waals surface area (Å²) in [6.45, 7) is 1.71. The lowest BCUT2D eigenvalue weighted by atomic mass is 9.99. The van der Waals surface area contributed by atoms with Crippen LogP contribution >= 0.6 is 11.6 Å². The van der Waals surface area contributed by atoms with Gasteiger partial charge >= 0.3 is 5.97 Å². The number of sulfone groups is 1. The van der Waals surface area contributed by atoms with Crippen molar-refractivity contribution < 1.29 is 17.9 Å². The Bertz CT molecular complexity index is 916. The lowest BCUT2D eigenvalue weighted by Crippen LogP contribution is -2.33. The van der Waals surface area contributed by atoms with E-state index < -0.39 is 32.4 Å². The molecule has 3 rings (SSSR count). The molecule has 0 amide bonds. The second-order valence-corrected chi connectivity index (χ2v) is 8.78. The van der Waals surface area contributed by atoms with Crippen molar-refractivity contribution >= 4 is 27.4 Å². The zero-order valence-corrected chi connectivity index (χ0v) is 15.8. The first-order chi connectivity index (χ1) is 12.4. The number of nitrogens with two attached hydrogens (primary N) is 1. The van der Waals surface area contributed by atoms with Gasteiger partial charge in [0, 0.05) is 17.5 Å². The average Bonchev–Trinajstić information content (AvgIpc) is 3.34. The zero-order chi connectivity index (χ0) is 18.9. The van der Waals surface area contributed by atoms with Crippen molar-refractivity contribution in [1.82, 2.24) is 0 Å². The summed E-state index contributed by atoms with van der Waals surface area (Å²) in [5.74, 6) is -1.19. The van der Waals surface area contributed by atoms with Crippen LogP contribution in [0.1, 0.15) is 18.4 Å². The molecule has 1 fully saturated rings. The van der Waals surface area contributed by atoms with Crippen LogP contribution < -0.4 is 5.73 Å². The van der Waals surface area contributed by atoms with E-state index in [0.717, 1.165) is 0 Å². The van der Waals surface area contributed by atoms with Gasteiger partial charge in [0.2, 0.25) is 0 Å². The van der Waals surface area contributed by atoms with Crippen LogP contribution in [0.3, 0.4) is 0 Å². The predicted octanol–water partition coefficient (Wildman–Crippen LogP) is 2.79. The molecule has 0 aliphatic heterocycles. The Hall–Kier alpha value is -1.89. The highest BCUT2D eigenvalue weighted by Crippen LogP contribution is 2.64. The molecule has 2 N–H and O–H groups in total. The molecule has 0 aromatic heterocycles. The summed E-state index contributed by atoms with van der Waals surface area (Å²) < 4.78 is 31.7. The average molecular weight is 394 g/mol. The second-order valence-electron chi connectivity index (χ2n) is 6.28. The summed E-state index contributed by atoms with van der Waals surface area (Å²) in [5.41, 5.74) is 5.29. The topological polar surface area (TPSA) is 86.5 Å². The summed E-state index contributed by atoms with van der Waals surface area (Å²) in [6.07, 6.45) is 0. The van der Waals surface area contributed by atoms with Crippen LogP contribution in [-0.4, -0.2) is 32.8 Å². The molecule has 7 heteroatoms. The van der Waals surface area contributed by atoms with E-state index >= 15 is 0 Å². The minimum Gasteiger partial charge on any atom is -0.465 e. The molecule has 1 saturated carbocycles. The number of carbonyl (C=O) groups excluding carboxylic acids is 1. The van der Waals surface area contributed by atoms with Gasteiger partial charge in [0.15, 0.2) is 9.84 Å². The highest BCUT2D eigenvalue weighted by atomic mass is 35.5. The van der Waals surface area contributed by atoms with Crippen molar-refractivity contribution in [3.63, 3.8) is 0 Å². The molecule has 5 nitrogen and oxygen atoms in total. The number of rotatable bonds is 6. The Kier molecular flexibility index (Phi) is 5.10. The van der Waals surface area contributed by atoms with E-state index in [9.17, 15) is 13.2 Å². The van der Waals surface area contributed by atoms with Crippen molar-refractivity contribution in [2.45, 2.75) is 23.0 Å². The number of carbonyl (C=O) groups is 1. The van der Waals surface area contributed by atoms with E-state index in [-0.39, 0.29) is 18.0 Å². The van der Waals surface area contributed by atoms with E-state index in [1.807, 2.05) is 0 Å². The Morgan fingerprint density at radius 1 is 1.19 bits per heavy atom. The molecule has 1 aliphatic carbocycles. The molecule has 0 heterocycles. The van der Waals surface area contributed by atoms with E-state index in [1.54, 1.807) is 49.4 Å². The summed E-state index contributed by atoms with van der Waals surface area (Å²) in [4.78, 5) is 12.9. The second kappa shape index (κ2) is 7.02. The zero-order valence-electron chi connectivity index (χ0n) is 14.3. The summed E-state index contributed by atoms with van der Waals surface area (Å²) in [5, 5.41) is -0.514. The smallest absolute Gasteiger partial charge is 0.315 e. The largest absolute Gasteiger partial charge is 0.465 e. The maximum Gasteiger partial charge on any atom is 0.315 e. The number of ether oxygens (including phenoxy) is 1. The highest BCUT2D eigenvalue weighted by Gasteiger charge is 2.75. The fourth-order valence-electron chi connectivity index (χ4n) is 3.62. The molecule has 0 saturated heterocycles. The Morgan fingerprint density at radius 3 is 2.46 bits per heavy atom. The van der Waals surface area contributed by atoms with Crippen LogP contribution in [0, 0.1) is 5.41 Å². The van der Waals surface area contributed by atoms with Gasteiger partial charge in [-0.3, -0.25) is 4.79 Å². The molecule has 26 heavy (non-hydrogen) atoms. The molecule has 0 radical (unpaired) electrons. The number of hydrogen-bond acceptors (Lipinski definition) is 5. The normalized spacial score (nSPS) is 24.9. The minimum absolute atomic E-state index is 0.125.